The third kappa shape index (κ3) is 6.44. The van der Waals surface area contributed by atoms with Gasteiger partial charge in [0, 0.05) is 25.2 Å². The summed E-state index contributed by atoms with van der Waals surface area (Å²) in [6, 6.07) is 5.83. The number of rotatable bonds is 3. The number of nitrogens with zero attached hydrogens (tertiary/aromatic N) is 3. The van der Waals surface area contributed by atoms with Gasteiger partial charge in [0.1, 0.15) is 5.01 Å². The van der Waals surface area contributed by atoms with Gasteiger partial charge in [-0.25, -0.2) is 4.98 Å². The third-order valence-corrected chi connectivity index (χ3v) is 5.54. The summed E-state index contributed by atoms with van der Waals surface area (Å²) < 4.78 is 7.26. The molecule has 3 rings (SSSR count). The lowest BCUT2D eigenvalue weighted by molar-refractivity contribution is -0.0772. The molecule has 1 aliphatic heterocycles. The summed E-state index contributed by atoms with van der Waals surface area (Å²) >= 11 is 7.73. The van der Waals surface area contributed by atoms with Crippen LogP contribution in [0.1, 0.15) is 38.6 Å². The van der Waals surface area contributed by atoms with E-state index in [1.807, 2.05) is 25.2 Å². The lowest BCUT2D eigenvalue weighted by atomic mass is 10.1. The normalized spacial score (nSPS) is 16.5. The molecule has 1 aromatic heterocycles. The Morgan fingerprint density at radius 2 is 2.07 bits per heavy atom. The third-order valence-electron chi connectivity index (χ3n) is 4.27. The van der Waals surface area contributed by atoms with Gasteiger partial charge in [0.05, 0.1) is 28.5 Å². The van der Waals surface area contributed by atoms with Gasteiger partial charge in [0.15, 0.2) is 5.96 Å². The molecule has 1 N–H and O–H groups in total. The lowest BCUT2D eigenvalue weighted by Gasteiger charge is -2.36. The predicted octanol–water partition coefficient (Wildman–Crippen LogP) is 4.92. The van der Waals surface area contributed by atoms with Crippen molar-refractivity contribution in [3.63, 3.8) is 0 Å². The van der Waals surface area contributed by atoms with Gasteiger partial charge in [-0.3, -0.25) is 4.99 Å². The zero-order chi connectivity index (χ0) is 18.7. The van der Waals surface area contributed by atoms with Crippen LogP contribution in [0.2, 0.25) is 5.02 Å². The number of aromatic nitrogens is 1. The minimum atomic E-state index is -0.0808. The summed E-state index contributed by atoms with van der Waals surface area (Å²) in [4.78, 5) is 11.4. The molecule has 27 heavy (non-hydrogen) atoms. The number of thiazole rings is 1. The average molecular weight is 523 g/mol. The van der Waals surface area contributed by atoms with Crippen LogP contribution in [0, 0.1) is 0 Å². The van der Waals surface area contributed by atoms with Gasteiger partial charge in [-0.05, 0) is 51.8 Å². The number of hydrogen-bond acceptors (Lipinski definition) is 4. The number of ether oxygens (including phenoxy) is 1. The van der Waals surface area contributed by atoms with Crippen molar-refractivity contribution in [1.29, 1.82) is 0 Å². The van der Waals surface area contributed by atoms with Crippen molar-refractivity contribution in [2.75, 3.05) is 20.1 Å². The molecule has 0 atom stereocenters. The van der Waals surface area contributed by atoms with Gasteiger partial charge < -0.3 is 15.0 Å². The van der Waals surface area contributed by atoms with Crippen molar-refractivity contribution in [1.82, 2.24) is 15.2 Å². The molecule has 1 saturated heterocycles. The SMILES string of the molecule is CN=C(NCc1nc2cc(Cl)ccc2s1)N1CCC(OC(C)(C)C)CC1.I. The van der Waals surface area contributed by atoms with Crippen LogP contribution in [-0.2, 0) is 11.3 Å². The minimum absolute atomic E-state index is 0. The Labute approximate surface area is 187 Å². The number of guanidine groups is 1. The number of likely N-dealkylation sites (tertiary alicyclic amines) is 1. The molecule has 150 valence electrons. The monoisotopic (exact) mass is 522 g/mol. The van der Waals surface area contributed by atoms with Crippen LogP contribution < -0.4 is 5.32 Å². The fourth-order valence-corrected chi connectivity index (χ4v) is 4.25. The summed E-state index contributed by atoms with van der Waals surface area (Å²) in [5, 5.41) is 5.20. The summed E-state index contributed by atoms with van der Waals surface area (Å²) in [7, 11) is 1.83. The standard InChI is InChI=1S/C19H27ClN4OS.HI/c1-19(2,3)25-14-7-9-24(10-8-14)18(21-4)22-12-17-23-15-11-13(20)5-6-16(15)26-17;/h5-6,11,14H,7-10,12H2,1-4H3,(H,21,22);1H. The molecule has 8 heteroatoms. The molecule has 0 aliphatic carbocycles. The molecular weight excluding hydrogens is 495 g/mol. The second kappa shape index (κ2) is 9.71. The van der Waals surface area contributed by atoms with Crippen LogP contribution in [0.15, 0.2) is 23.2 Å². The van der Waals surface area contributed by atoms with E-state index in [4.69, 9.17) is 16.3 Å². The van der Waals surface area contributed by atoms with Crippen molar-refractivity contribution in [2.45, 2.75) is 51.9 Å². The highest BCUT2D eigenvalue weighted by molar-refractivity contribution is 14.0. The van der Waals surface area contributed by atoms with Crippen molar-refractivity contribution in [2.24, 2.45) is 4.99 Å². The van der Waals surface area contributed by atoms with Gasteiger partial charge in [-0.15, -0.1) is 35.3 Å². The van der Waals surface area contributed by atoms with Crippen molar-refractivity contribution < 1.29 is 4.74 Å². The van der Waals surface area contributed by atoms with E-state index in [2.05, 4.69) is 41.0 Å². The Balaban J connectivity index is 0.00000261. The Morgan fingerprint density at radius 3 is 2.70 bits per heavy atom. The van der Waals surface area contributed by atoms with Gasteiger partial charge in [-0.2, -0.15) is 0 Å². The maximum Gasteiger partial charge on any atom is 0.193 e. The van der Waals surface area contributed by atoms with Crippen LogP contribution in [-0.4, -0.2) is 47.7 Å². The highest BCUT2D eigenvalue weighted by Gasteiger charge is 2.25. The quantitative estimate of drug-likeness (QED) is 0.353. The van der Waals surface area contributed by atoms with E-state index in [9.17, 15) is 0 Å². The molecule has 0 radical (unpaired) electrons. The fourth-order valence-electron chi connectivity index (χ4n) is 3.20. The first-order valence-corrected chi connectivity index (χ1v) is 10.2. The topological polar surface area (TPSA) is 49.8 Å². The van der Waals surface area contributed by atoms with Gasteiger partial charge in [0.2, 0.25) is 0 Å². The Kier molecular flexibility index (Phi) is 8.15. The first kappa shape index (κ1) is 22.6. The van der Waals surface area contributed by atoms with Crippen LogP contribution in [0.3, 0.4) is 0 Å². The zero-order valence-electron chi connectivity index (χ0n) is 16.3. The van der Waals surface area contributed by atoms with E-state index >= 15 is 0 Å². The van der Waals surface area contributed by atoms with Crippen LogP contribution in [0.25, 0.3) is 10.2 Å². The van der Waals surface area contributed by atoms with E-state index in [-0.39, 0.29) is 29.6 Å². The maximum absolute atomic E-state index is 6.11. The Morgan fingerprint density at radius 1 is 1.37 bits per heavy atom. The van der Waals surface area contributed by atoms with Crippen molar-refractivity contribution >= 4 is 63.1 Å². The molecule has 1 fully saturated rings. The van der Waals surface area contributed by atoms with E-state index in [0.717, 1.165) is 52.1 Å². The molecular formula is C19H28ClIN4OS. The molecule has 0 unspecified atom stereocenters. The zero-order valence-corrected chi connectivity index (χ0v) is 20.2. The average Bonchev–Trinajstić information content (AvgIpc) is 2.97. The predicted molar refractivity (Wildman–Crippen MR) is 126 cm³/mol. The van der Waals surface area contributed by atoms with Crippen molar-refractivity contribution in [3.05, 3.63) is 28.2 Å². The molecule has 2 heterocycles. The molecule has 0 spiro atoms. The molecule has 1 aromatic carbocycles. The van der Waals surface area contributed by atoms with E-state index in [1.165, 1.54) is 0 Å². The fraction of sp³-hybridized carbons (Fsp3) is 0.579. The number of halogens is 2. The molecule has 0 amide bonds. The minimum Gasteiger partial charge on any atom is -0.372 e. The number of fused-ring (bicyclic) bond motifs is 1. The summed E-state index contributed by atoms with van der Waals surface area (Å²) in [5.41, 5.74) is 0.872. The molecule has 0 bridgehead atoms. The number of piperidine rings is 1. The van der Waals surface area contributed by atoms with Gasteiger partial charge >= 0.3 is 0 Å². The largest absolute Gasteiger partial charge is 0.372 e. The van der Waals surface area contributed by atoms with E-state index in [0.29, 0.717) is 12.6 Å². The molecule has 5 nitrogen and oxygen atoms in total. The second-order valence-corrected chi connectivity index (χ2v) is 9.09. The summed E-state index contributed by atoms with van der Waals surface area (Å²) in [6.45, 7) is 8.93. The maximum atomic E-state index is 6.11. The van der Waals surface area contributed by atoms with E-state index in [1.54, 1.807) is 11.3 Å². The van der Waals surface area contributed by atoms with Gasteiger partial charge in [-0.1, -0.05) is 11.6 Å². The highest BCUT2D eigenvalue weighted by atomic mass is 127. The summed E-state index contributed by atoms with van der Waals surface area (Å²) in [5.74, 6) is 0.927. The summed E-state index contributed by atoms with van der Waals surface area (Å²) in [6.07, 6.45) is 2.38. The number of aliphatic imine (C=N–C) groups is 1. The first-order chi connectivity index (χ1) is 12.3. The number of benzene rings is 1. The Hall–Kier alpha value is -0.640. The van der Waals surface area contributed by atoms with Crippen LogP contribution in [0.5, 0.6) is 0 Å². The lowest BCUT2D eigenvalue weighted by Crippen LogP contribution is -2.47. The Bertz CT molecular complexity index is 782. The van der Waals surface area contributed by atoms with Crippen molar-refractivity contribution in [3.8, 4) is 0 Å². The first-order valence-electron chi connectivity index (χ1n) is 9.02. The van der Waals surface area contributed by atoms with E-state index < -0.39 is 0 Å². The van der Waals surface area contributed by atoms with Crippen LogP contribution >= 0.6 is 46.9 Å². The second-order valence-electron chi connectivity index (χ2n) is 7.54. The van der Waals surface area contributed by atoms with Crippen LogP contribution in [0.4, 0.5) is 0 Å². The molecule has 1 aliphatic rings. The number of nitrogens with one attached hydrogen (secondary N) is 1. The highest BCUT2D eigenvalue weighted by Crippen LogP contribution is 2.25. The molecule has 2 aromatic rings. The van der Waals surface area contributed by atoms with Gasteiger partial charge in [0.25, 0.3) is 0 Å². The molecule has 0 saturated carbocycles. The number of hydrogen-bond donors (Lipinski definition) is 1. The smallest absolute Gasteiger partial charge is 0.193 e.